The molecule has 0 saturated heterocycles. The number of para-hydroxylation sites is 1. The highest BCUT2D eigenvalue weighted by atomic mass is 35.5. The number of amides is 1. The minimum Gasteiger partial charge on any atom is -0.484 e. The minimum absolute atomic E-state index is 0.0102. The molecule has 0 fully saturated rings. The third-order valence-corrected chi connectivity index (χ3v) is 4.94. The smallest absolute Gasteiger partial charge is 0.261 e. The van der Waals surface area contributed by atoms with Gasteiger partial charge in [-0.2, -0.15) is 0 Å². The van der Waals surface area contributed by atoms with Gasteiger partial charge in [0.1, 0.15) is 5.75 Å². The molecule has 1 amide bonds. The fraction of sp³-hybridized carbons (Fsp3) is 0.292. The summed E-state index contributed by atoms with van der Waals surface area (Å²) in [6.07, 6.45) is 2.03. The number of ether oxygens (including phenoxy) is 1. The molecule has 0 aliphatic heterocycles. The molecular weight excluding hydrogens is 384 g/mol. The first-order valence-electron chi connectivity index (χ1n) is 9.70. The zero-order valence-electron chi connectivity index (χ0n) is 17.1. The Bertz CT molecular complexity index is 945. The molecule has 0 aliphatic rings. The van der Waals surface area contributed by atoms with Crippen LogP contribution in [0.5, 0.6) is 5.75 Å². The molecule has 0 radical (unpaired) electrons. The Morgan fingerprint density at radius 3 is 2.48 bits per heavy atom. The molecule has 4 nitrogen and oxygen atoms in total. The highest BCUT2D eigenvalue weighted by molar-refractivity contribution is 6.30. The first-order chi connectivity index (χ1) is 13.8. The summed E-state index contributed by atoms with van der Waals surface area (Å²) in [6, 6.07) is 21.3. The van der Waals surface area contributed by atoms with Crippen molar-refractivity contribution in [1.82, 2.24) is 9.47 Å². The number of hydrogen-bond donors (Lipinski definition) is 0. The molecule has 1 aromatic heterocycles. The van der Waals surface area contributed by atoms with Gasteiger partial charge in [-0.05, 0) is 62.7 Å². The first kappa shape index (κ1) is 21.0. The molecule has 0 atom stereocenters. The lowest BCUT2D eigenvalue weighted by Gasteiger charge is -2.36. The van der Waals surface area contributed by atoms with Crippen molar-refractivity contribution in [2.75, 3.05) is 6.61 Å². The number of carbonyl (C=O) groups is 1. The van der Waals surface area contributed by atoms with E-state index in [2.05, 4.69) is 16.7 Å². The highest BCUT2D eigenvalue weighted by Crippen LogP contribution is 2.20. The van der Waals surface area contributed by atoms with E-state index in [-0.39, 0.29) is 18.1 Å². The number of benzene rings is 2. The molecule has 152 valence electrons. The number of carbonyl (C=O) groups excluding carboxylic acids is 1. The number of rotatable bonds is 7. The minimum atomic E-state index is -0.331. The largest absolute Gasteiger partial charge is 0.484 e. The van der Waals surface area contributed by atoms with Crippen molar-refractivity contribution in [3.8, 4) is 5.75 Å². The van der Waals surface area contributed by atoms with E-state index in [1.807, 2.05) is 86.5 Å². The van der Waals surface area contributed by atoms with E-state index >= 15 is 0 Å². The first-order valence-corrected chi connectivity index (χ1v) is 10.1. The molecule has 1 heterocycles. The van der Waals surface area contributed by atoms with Gasteiger partial charge in [-0.25, -0.2) is 0 Å². The molecule has 5 heteroatoms. The van der Waals surface area contributed by atoms with Gasteiger partial charge in [-0.15, -0.1) is 0 Å². The summed E-state index contributed by atoms with van der Waals surface area (Å²) in [4.78, 5) is 14.8. The van der Waals surface area contributed by atoms with Crippen LogP contribution in [0.4, 0.5) is 0 Å². The van der Waals surface area contributed by atoms with Crippen LogP contribution in [-0.2, 0) is 17.9 Å². The van der Waals surface area contributed by atoms with E-state index in [1.165, 1.54) is 0 Å². The predicted molar refractivity (Wildman–Crippen MR) is 117 cm³/mol. The Labute approximate surface area is 177 Å². The summed E-state index contributed by atoms with van der Waals surface area (Å²) >= 11 is 6.12. The zero-order chi connectivity index (χ0) is 20.9. The third kappa shape index (κ3) is 5.88. The van der Waals surface area contributed by atoms with Crippen LogP contribution in [-0.4, -0.2) is 27.5 Å². The van der Waals surface area contributed by atoms with Crippen molar-refractivity contribution < 1.29 is 9.53 Å². The van der Waals surface area contributed by atoms with Crippen molar-refractivity contribution >= 4 is 17.5 Å². The van der Waals surface area contributed by atoms with Gasteiger partial charge in [0.05, 0.1) is 6.54 Å². The lowest BCUT2D eigenvalue weighted by molar-refractivity contribution is -0.139. The second kappa shape index (κ2) is 9.19. The lowest BCUT2D eigenvalue weighted by atomic mass is 10.1. The highest BCUT2D eigenvalue weighted by Gasteiger charge is 2.27. The maximum absolute atomic E-state index is 13.0. The van der Waals surface area contributed by atoms with Crippen molar-refractivity contribution in [2.45, 2.75) is 39.4 Å². The Balaban J connectivity index is 1.72. The van der Waals surface area contributed by atoms with Crippen LogP contribution in [0.15, 0.2) is 72.9 Å². The quantitative estimate of drug-likeness (QED) is 0.523. The number of hydrogen-bond acceptors (Lipinski definition) is 2. The summed E-state index contributed by atoms with van der Waals surface area (Å²) in [5.41, 5.74) is 1.85. The average Bonchev–Trinajstić information content (AvgIpc) is 3.11. The van der Waals surface area contributed by atoms with Crippen LogP contribution >= 0.6 is 11.6 Å². The third-order valence-electron chi connectivity index (χ3n) is 4.70. The second-order valence-corrected chi connectivity index (χ2v) is 8.45. The fourth-order valence-electron chi connectivity index (χ4n) is 3.18. The van der Waals surface area contributed by atoms with Crippen molar-refractivity contribution in [3.05, 3.63) is 89.2 Å². The molecule has 0 N–H and O–H groups in total. The maximum Gasteiger partial charge on any atom is 0.261 e. The van der Waals surface area contributed by atoms with Gasteiger partial charge in [0.15, 0.2) is 6.61 Å². The summed E-state index contributed by atoms with van der Waals surface area (Å²) in [5.74, 6) is 0.649. The van der Waals surface area contributed by atoms with Gasteiger partial charge < -0.3 is 14.2 Å². The number of halogens is 1. The van der Waals surface area contributed by atoms with Crippen molar-refractivity contribution in [1.29, 1.82) is 0 Å². The Kier molecular flexibility index (Phi) is 6.65. The van der Waals surface area contributed by atoms with E-state index in [4.69, 9.17) is 16.3 Å². The Hall–Kier alpha value is -2.72. The topological polar surface area (TPSA) is 34.5 Å². The monoisotopic (exact) mass is 410 g/mol. The normalized spacial score (nSPS) is 11.3. The summed E-state index contributed by atoms with van der Waals surface area (Å²) < 4.78 is 7.84. The van der Waals surface area contributed by atoms with Crippen LogP contribution in [0, 0.1) is 0 Å². The van der Waals surface area contributed by atoms with Crippen LogP contribution < -0.4 is 4.74 Å². The summed E-state index contributed by atoms with van der Waals surface area (Å²) in [7, 11) is 0. The van der Waals surface area contributed by atoms with Gasteiger partial charge in [0.2, 0.25) is 0 Å². The number of aromatic nitrogens is 1. The SMILES string of the molecule is CC(C)(C)N(Cc1cccn1Cc1cccc(Cl)c1)C(=O)COc1ccccc1. The van der Waals surface area contributed by atoms with E-state index in [9.17, 15) is 4.79 Å². The molecule has 3 rings (SSSR count). The molecule has 0 unspecified atom stereocenters. The van der Waals surface area contributed by atoms with E-state index in [1.54, 1.807) is 0 Å². The van der Waals surface area contributed by atoms with Gasteiger partial charge in [0, 0.05) is 29.0 Å². The predicted octanol–water partition coefficient (Wildman–Crippen LogP) is 5.40. The van der Waals surface area contributed by atoms with Gasteiger partial charge >= 0.3 is 0 Å². The van der Waals surface area contributed by atoms with Crippen molar-refractivity contribution in [3.63, 3.8) is 0 Å². The van der Waals surface area contributed by atoms with Gasteiger partial charge in [0.25, 0.3) is 5.91 Å². The van der Waals surface area contributed by atoms with Gasteiger partial charge in [-0.3, -0.25) is 4.79 Å². The molecule has 0 aliphatic carbocycles. The van der Waals surface area contributed by atoms with Crippen LogP contribution in [0.25, 0.3) is 0 Å². The maximum atomic E-state index is 13.0. The summed E-state index contributed by atoms with van der Waals surface area (Å²) in [6.45, 7) is 7.34. The number of nitrogens with zero attached hydrogens (tertiary/aromatic N) is 2. The molecule has 0 spiro atoms. The average molecular weight is 411 g/mol. The second-order valence-electron chi connectivity index (χ2n) is 8.01. The molecule has 0 saturated carbocycles. The molecule has 3 aromatic rings. The molecular formula is C24H27ClN2O2. The standard InChI is InChI=1S/C24H27ClN2O2/c1-24(2,3)27(23(28)18-29-22-12-5-4-6-13-22)17-21-11-8-14-26(21)16-19-9-7-10-20(25)15-19/h4-15H,16-18H2,1-3H3. The van der Waals surface area contributed by atoms with E-state index in [0.29, 0.717) is 18.8 Å². The van der Waals surface area contributed by atoms with Crippen LogP contribution in [0.1, 0.15) is 32.0 Å². The lowest BCUT2D eigenvalue weighted by Crippen LogP contribution is -2.47. The Morgan fingerprint density at radius 2 is 1.79 bits per heavy atom. The Morgan fingerprint density at radius 1 is 1.03 bits per heavy atom. The molecule has 29 heavy (non-hydrogen) atoms. The summed E-state index contributed by atoms with van der Waals surface area (Å²) in [5, 5.41) is 0.723. The van der Waals surface area contributed by atoms with Crippen LogP contribution in [0.3, 0.4) is 0 Å². The fourth-order valence-corrected chi connectivity index (χ4v) is 3.39. The molecule has 0 bridgehead atoms. The van der Waals surface area contributed by atoms with E-state index < -0.39 is 0 Å². The zero-order valence-corrected chi connectivity index (χ0v) is 17.9. The molecule has 2 aromatic carbocycles. The van der Waals surface area contributed by atoms with Crippen LogP contribution in [0.2, 0.25) is 5.02 Å². The van der Waals surface area contributed by atoms with E-state index in [0.717, 1.165) is 16.3 Å². The van der Waals surface area contributed by atoms with Gasteiger partial charge in [-0.1, -0.05) is 41.9 Å². The van der Waals surface area contributed by atoms with Crippen molar-refractivity contribution in [2.24, 2.45) is 0 Å².